The van der Waals surface area contributed by atoms with E-state index in [4.69, 9.17) is 0 Å². The molecule has 1 aliphatic rings. The molecule has 1 saturated carbocycles. The van der Waals surface area contributed by atoms with Gasteiger partial charge in [0, 0.05) is 13.1 Å². The van der Waals surface area contributed by atoms with E-state index in [0.717, 1.165) is 32.4 Å². The molecule has 1 amide bonds. The molecule has 1 fully saturated rings. The van der Waals surface area contributed by atoms with Gasteiger partial charge in [-0.15, -0.1) is 0 Å². The Kier molecular flexibility index (Phi) is 4.59. The van der Waals surface area contributed by atoms with Crippen LogP contribution in [0.2, 0.25) is 0 Å². The predicted molar refractivity (Wildman–Crippen MR) is 78.3 cm³/mol. The second-order valence-corrected chi connectivity index (χ2v) is 5.40. The molecule has 2 rings (SSSR count). The Labute approximate surface area is 115 Å². The van der Waals surface area contributed by atoms with E-state index < -0.39 is 0 Å². The smallest absolute Gasteiger partial charge is 0.230 e. The van der Waals surface area contributed by atoms with Gasteiger partial charge in [0.1, 0.15) is 0 Å². The molecule has 0 atom stereocenters. The van der Waals surface area contributed by atoms with Crippen LogP contribution in [0.4, 0.5) is 0 Å². The minimum Gasteiger partial charge on any atom is -0.354 e. The number of aryl methyl sites for hydroxylation is 1. The van der Waals surface area contributed by atoms with Gasteiger partial charge in [-0.2, -0.15) is 0 Å². The van der Waals surface area contributed by atoms with E-state index in [-0.39, 0.29) is 11.3 Å². The van der Waals surface area contributed by atoms with Gasteiger partial charge in [0.15, 0.2) is 0 Å². The molecule has 0 heterocycles. The Bertz CT molecular complexity index is 438. The molecular formula is C16H24N2O. The van der Waals surface area contributed by atoms with Crippen molar-refractivity contribution in [3.05, 3.63) is 35.4 Å². The molecule has 0 saturated heterocycles. The van der Waals surface area contributed by atoms with Crippen molar-refractivity contribution in [1.82, 2.24) is 10.6 Å². The third-order valence-corrected chi connectivity index (χ3v) is 3.86. The number of amides is 1. The number of carbonyl (C=O) groups excluding carboxylic acids is 1. The van der Waals surface area contributed by atoms with Crippen LogP contribution in [0.25, 0.3) is 0 Å². The first-order valence-corrected chi connectivity index (χ1v) is 7.26. The highest BCUT2D eigenvalue weighted by Crippen LogP contribution is 2.49. The van der Waals surface area contributed by atoms with Gasteiger partial charge in [-0.1, -0.05) is 31.2 Å². The minimum atomic E-state index is -0.240. The van der Waals surface area contributed by atoms with Gasteiger partial charge in [-0.3, -0.25) is 4.79 Å². The lowest BCUT2D eigenvalue weighted by Gasteiger charge is -2.18. The fraction of sp³-hybridized carbons (Fsp3) is 0.562. The van der Waals surface area contributed by atoms with E-state index in [2.05, 4.69) is 36.6 Å². The number of hydrogen-bond acceptors (Lipinski definition) is 2. The van der Waals surface area contributed by atoms with E-state index in [1.165, 1.54) is 11.1 Å². The van der Waals surface area contributed by atoms with Crippen LogP contribution in [0.15, 0.2) is 24.3 Å². The maximum atomic E-state index is 12.4. The van der Waals surface area contributed by atoms with Crippen molar-refractivity contribution >= 4 is 5.91 Å². The Hall–Kier alpha value is -1.35. The fourth-order valence-electron chi connectivity index (χ4n) is 2.59. The summed E-state index contributed by atoms with van der Waals surface area (Å²) in [6, 6.07) is 8.24. The zero-order chi connectivity index (χ0) is 13.7. The van der Waals surface area contributed by atoms with Gasteiger partial charge >= 0.3 is 0 Å². The lowest BCUT2D eigenvalue weighted by molar-refractivity contribution is -0.123. The number of rotatable bonds is 7. The first-order valence-electron chi connectivity index (χ1n) is 7.26. The third kappa shape index (κ3) is 3.16. The molecule has 0 bridgehead atoms. The summed E-state index contributed by atoms with van der Waals surface area (Å²) in [6.45, 7) is 6.81. The zero-order valence-electron chi connectivity index (χ0n) is 12.0. The Morgan fingerprint density at radius 3 is 2.58 bits per heavy atom. The Morgan fingerprint density at radius 2 is 1.95 bits per heavy atom. The first kappa shape index (κ1) is 14.1. The van der Waals surface area contributed by atoms with Crippen LogP contribution in [-0.2, 0) is 10.2 Å². The van der Waals surface area contributed by atoms with Crippen LogP contribution in [0.1, 0.15) is 37.3 Å². The van der Waals surface area contributed by atoms with Crippen LogP contribution in [-0.4, -0.2) is 25.5 Å². The molecule has 1 aromatic carbocycles. The van der Waals surface area contributed by atoms with E-state index in [9.17, 15) is 4.79 Å². The largest absolute Gasteiger partial charge is 0.354 e. The quantitative estimate of drug-likeness (QED) is 0.738. The highest BCUT2D eigenvalue weighted by atomic mass is 16.2. The summed E-state index contributed by atoms with van der Waals surface area (Å²) in [5, 5.41) is 6.37. The first-order chi connectivity index (χ1) is 9.20. The minimum absolute atomic E-state index is 0.195. The van der Waals surface area contributed by atoms with Gasteiger partial charge < -0.3 is 10.6 Å². The molecule has 0 spiro atoms. The molecule has 1 aliphatic carbocycles. The van der Waals surface area contributed by atoms with Crippen molar-refractivity contribution in [3.8, 4) is 0 Å². The Morgan fingerprint density at radius 1 is 1.21 bits per heavy atom. The molecule has 2 N–H and O–H groups in total. The van der Waals surface area contributed by atoms with Crippen LogP contribution in [0.3, 0.4) is 0 Å². The summed E-state index contributed by atoms with van der Waals surface area (Å²) in [5.74, 6) is 0.195. The number of carbonyl (C=O) groups is 1. The van der Waals surface area contributed by atoms with Crippen molar-refractivity contribution in [3.63, 3.8) is 0 Å². The third-order valence-electron chi connectivity index (χ3n) is 3.86. The molecule has 0 aromatic heterocycles. The van der Waals surface area contributed by atoms with Crippen molar-refractivity contribution in [2.75, 3.05) is 19.6 Å². The summed E-state index contributed by atoms with van der Waals surface area (Å²) in [4.78, 5) is 12.4. The van der Waals surface area contributed by atoms with Crippen LogP contribution < -0.4 is 10.6 Å². The molecule has 104 valence electrons. The van der Waals surface area contributed by atoms with E-state index in [1.807, 2.05) is 12.1 Å². The maximum Gasteiger partial charge on any atom is 0.230 e. The number of benzene rings is 1. The summed E-state index contributed by atoms with van der Waals surface area (Å²) >= 11 is 0. The number of hydrogen-bond donors (Lipinski definition) is 2. The topological polar surface area (TPSA) is 41.1 Å². The SMILES string of the molecule is CCCNCCNC(=O)C1(c2ccccc2C)CC1. The van der Waals surface area contributed by atoms with Gasteiger partial charge in [-0.25, -0.2) is 0 Å². The molecule has 19 heavy (non-hydrogen) atoms. The molecule has 0 aliphatic heterocycles. The molecule has 0 unspecified atom stereocenters. The van der Waals surface area contributed by atoms with Gasteiger partial charge in [0.25, 0.3) is 0 Å². The lowest BCUT2D eigenvalue weighted by Crippen LogP contribution is -2.39. The molecule has 0 radical (unpaired) electrons. The molecular weight excluding hydrogens is 236 g/mol. The average Bonchev–Trinajstić information content (AvgIpc) is 3.20. The van der Waals surface area contributed by atoms with Gasteiger partial charge in [0.2, 0.25) is 5.91 Å². The highest BCUT2D eigenvalue weighted by Gasteiger charge is 2.51. The summed E-state index contributed by atoms with van der Waals surface area (Å²) < 4.78 is 0. The van der Waals surface area contributed by atoms with Gasteiger partial charge in [0.05, 0.1) is 5.41 Å². The maximum absolute atomic E-state index is 12.4. The average molecular weight is 260 g/mol. The standard InChI is InChI=1S/C16H24N2O/c1-3-10-17-11-12-18-15(19)16(8-9-16)14-7-5-4-6-13(14)2/h4-7,17H,3,8-12H2,1-2H3,(H,18,19). The van der Waals surface area contributed by atoms with Gasteiger partial charge in [-0.05, 0) is 43.9 Å². The molecule has 3 nitrogen and oxygen atoms in total. The lowest BCUT2D eigenvalue weighted by atomic mass is 9.91. The normalized spacial score (nSPS) is 16.1. The van der Waals surface area contributed by atoms with E-state index >= 15 is 0 Å². The second kappa shape index (κ2) is 6.20. The van der Waals surface area contributed by atoms with Crippen molar-refractivity contribution in [1.29, 1.82) is 0 Å². The fourth-order valence-corrected chi connectivity index (χ4v) is 2.59. The van der Waals surface area contributed by atoms with Crippen LogP contribution in [0.5, 0.6) is 0 Å². The van der Waals surface area contributed by atoms with E-state index in [1.54, 1.807) is 0 Å². The van der Waals surface area contributed by atoms with Crippen molar-refractivity contribution in [2.45, 2.75) is 38.5 Å². The molecule has 1 aromatic rings. The van der Waals surface area contributed by atoms with Crippen molar-refractivity contribution in [2.24, 2.45) is 0 Å². The zero-order valence-corrected chi connectivity index (χ0v) is 12.0. The monoisotopic (exact) mass is 260 g/mol. The highest BCUT2D eigenvalue weighted by molar-refractivity contribution is 5.91. The number of nitrogens with one attached hydrogen (secondary N) is 2. The van der Waals surface area contributed by atoms with Crippen molar-refractivity contribution < 1.29 is 4.79 Å². The summed E-state index contributed by atoms with van der Waals surface area (Å²) in [6.07, 6.45) is 3.08. The predicted octanol–water partition coefficient (Wildman–Crippen LogP) is 2.14. The van der Waals surface area contributed by atoms with Crippen LogP contribution in [0, 0.1) is 6.92 Å². The second-order valence-electron chi connectivity index (χ2n) is 5.40. The Balaban J connectivity index is 1.90. The molecule has 3 heteroatoms. The summed E-state index contributed by atoms with van der Waals surface area (Å²) in [7, 11) is 0. The van der Waals surface area contributed by atoms with E-state index in [0.29, 0.717) is 6.54 Å². The van der Waals surface area contributed by atoms with Crippen LogP contribution >= 0.6 is 0 Å². The summed E-state index contributed by atoms with van der Waals surface area (Å²) in [5.41, 5.74) is 2.18.